The van der Waals surface area contributed by atoms with Crippen LogP contribution in [0.2, 0.25) is 0 Å². The largest absolute Gasteiger partial charge is 0.497 e. The summed E-state index contributed by atoms with van der Waals surface area (Å²) in [6, 6.07) is 18.8. The molecule has 1 N–H and O–H groups in total. The van der Waals surface area contributed by atoms with Crippen LogP contribution < -0.4 is 19.7 Å². The van der Waals surface area contributed by atoms with E-state index in [1.165, 1.54) is 50.1 Å². The molecule has 0 aliphatic carbocycles. The Morgan fingerprint density at radius 3 is 2.43 bits per heavy atom. The molecule has 1 aliphatic heterocycles. The van der Waals surface area contributed by atoms with Crippen LogP contribution in [-0.4, -0.2) is 79.9 Å². The molecule has 1 aromatic heterocycles. The number of benzene rings is 3. The minimum Gasteiger partial charge on any atom is -0.497 e. The van der Waals surface area contributed by atoms with Crippen LogP contribution in [0.1, 0.15) is 21.7 Å². The molecule has 5 rings (SSSR count). The molecule has 2 amide bonds. The number of hydrogen-bond acceptors (Lipinski definition) is 9. The van der Waals surface area contributed by atoms with Crippen molar-refractivity contribution >= 4 is 39.3 Å². The van der Waals surface area contributed by atoms with E-state index in [4.69, 9.17) is 9.47 Å². The zero-order valence-electron chi connectivity index (χ0n) is 24.7. The van der Waals surface area contributed by atoms with Gasteiger partial charge in [0.25, 0.3) is 5.91 Å². The van der Waals surface area contributed by atoms with E-state index in [1.54, 1.807) is 41.9 Å². The van der Waals surface area contributed by atoms with Crippen LogP contribution in [-0.2, 0) is 27.8 Å². The molecule has 4 aromatic rings. The van der Waals surface area contributed by atoms with Gasteiger partial charge in [-0.1, -0.05) is 30.0 Å². The molecule has 0 unspecified atom stereocenters. The van der Waals surface area contributed by atoms with Gasteiger partial charge in [-0.25, -0.2) is 12.7 Å². The van der Waals surface area contributed by atoms with Crippen LogP contribution in [0.5, 0.6) is 11.5 Å². The summed E-state index contributed by atoms with van der Waals surface area (Å²) in [5, 5.41) is 12.0. The lowest BCUT2D eigenvalue weighted by molar-refractivity contribution is -0.116. The number of thioether (sulfide) groups is 1. The molecule has 0 bridgehead atoms. The minimum absolute atomic E-state index is 0.0159. The molecular weight excluding hydrogens is 604 g/mol. The summed E-state index contributed by atoms with van der Waals surface area (Å²) in [5.41, 5.74) is 2.91. The van der Waals surface area contributed by atoms with Crippen molar-refractivity contribution in [3.8, 4) is 17.2 Å². The van der Waals surface area contributed by atoms with Crippen molar-refractivity contribution in [3.05, 3.63) is 83.7 Å². The Morgan fingerprint density at radius 2 is 1.73 bits per heavy atom. The third kappa shape index (κ3) is 6.27. The van der Waals surface area contributed by atoms with Crippen molar-refractivity contribution < 1.29 is 27.5 Å². The molecule has 44 heavy (non-hydrogen) atoms. The molecule has 3 aromatic carbocycles. The van der Waals surface area contributed by atoms with Crippen LogP contribution >= 0.6 is 11.8 Å². The SMILES string of the molecule is COc1ccc(OC)c(-n2c(CNC(=O)c3ccc(S(=O)(=O)N(C)C)cc3)nnc2SCC(=O)N2CCc3ccccc32)c1. The van der Waals surface area contributed by atoms with Crippen LogP contribution in [0.15, 0.2) is 76.8 Å². The molecule has 12 nitrogen and oxygen atoms in total. The Morgan fingerprint density at radius 1 is 0.977 bits per heavy atom. The lowest BCUT2D eigenvalue weighted by atomic mass is 10.2. The Kier molecular flexibility index (Phi) is 9.22. The highest BCUT2D eigenvalue weighted by molar-refractivity contribution is 7.99. The van der Waals surface area contributed by atoms with E-state index >= 15 is 0 Å². The minimum atomic E-state index is -3.62. The number of amides is 2. The number of methoxy groups -OCH3 is 2. The number of aromatic nitrogens is 3. The molecule has 0 saturated carbocycles. The number of carbonyl (C=O) groups is 2. The molecule has 2 heterocycles. The molecule has 1 aliphatic rings. The maximum Gasteiger partial charge on any atom is 0.251 e. The summed E-state index contributed by atoms with van der Waals surface area (Å²) in [7, 11) is 2.35. The van der Waals surface area contributed by atoms with Gasteiger partial charge in [0.15, 0.2) is 11.0 Å². The standard InChI is InChI=1S/C30H32N6O6S2/c1-34(2)44(39,40)23-12-9-21(10-13-23)29(38)31-18-27-32-33-30(36(27)25-17-22(41-3)11-14-26(25)42-4)43-19-28(37)35-16-15-20-7-5-6-8-24(20)35/h5-14,17H,15-16,18-19H2,1-4H3,(H,31,38). The Balaban J connectivity index is 1.39. The van der Waals surface area contributed by atoms with Crippen molar-refractivity contribution in [1.82, 2.24) is 24.4 Å². The average molecular weight is 637 g/mol. The molecule has 0 atom stereocenters. The fourth-order valence-corrected chi connectivity index (χ4v) is 6.52. The van der Waals surface area contributed by atoms with Gasteiger partial charge in [-0.15, -0.1) is 10.2 Å². The first-order valence-corrected chi connectivity index (χ1v) is 16.0. The smallest absolute Gasteiger partial charge is 0.251 e. The normalized spacial score (nSPS) is 12.7. The van der Waals surface area contributed by atoms with Gasteiger partial charge < -0.3 is 19.7 Å². The van der Waals surface area contributed by atoms with Crippen LogP contribution in [0.3, 0.4) is 0 Å². The highest BCUT2D eigenvalue weighted by atomic mass is 32.2. The molecule has 0 radical (unpaired) electrons. The number of fused-ring (bicyclic) bond motifs is 1. The molecule has 230 valence electrons. The fourth-order valence-electron chi connectivity index (χ4n) is 4.77. The maximum atomic E-state index is 13.3. The number of rotatable bonds is 11. The average Bonchev–Trinajstić information content (AvgIpc) is 3.66. The second kappa shape index (κ2) is 13.1. The van der Waals surface area contributed by atoms with Crippen molar-refractivity contribution in [2.45, 2.75) is 23.0 Å². The highest BCUT2D eigenvalue weighted by Gasteiger charge is 2.26. The summed E-state index contributed by atoms with van der Waals surface area (Å²) >= 11 is 1.23. The first-order valence-electron chi connectivity index (χ1n) is 13.6. The monoisotopic (exact) mass is 636 g/mol. The zero-order chi connectivity index (χ0) is 31.4. The van der Waals surface area contributed by atoms with Crippen LogP contribution in [0, 0.1) is 0 Å². The topological polar surface area (TPSA) is 136 Å². The second-order valence-electron chi connectivity index (χ2n) is 9.98. The third-order valence-corrected chi connectivity index (χ3v) is 9.89. The van der Waals surface area contributed by atoms with E-state index < -0.39 is 15.9 Å². The highest BCUT2D eigenvalue weighted by Crippen LogP contribution is 2.33. The first-order chi connectivity index (χ1) is 21.1. The quantitative estimate of drug-likeness (QED) is 0.246. The van der Waals surface area contributed by atoms with Gasteiger partial charge in [0.2, 0.25) is 15.9 Å². The van der Waals surface area contributed by atoms with Gasteiger partial charge in [-0.05, 0) is 54.4 Å². The molecule has 14 heteroatoms. The predicted octanol–water partition coefficient (Wildman–Crippen LogP) is 3.15. The number of para-hydroxylation sites is 1. The number of nitrogens with one attached hydrogen (secondary N) is 1. The van der Waals surface area contributed by atoms with Gasteiger partial charge >= 0.3 is 0 Å². The summed E-state index contributed by atoms with van der Waals surface area (Å²) in [4.78, 5) is 28.1. The van der Waals surface area contributed by atoms with E-state index in [2.05, 4.69) is 15.5 Å². The van der Waals surface area contributed by atoms with E-state index in [0.717, 1.165) is 22.0 Å². The van der Waals surface area contributed by atoms with Gasteiger partial charge in [-0.3, -0.25) is 14.2 Å². The number of sulfonamides is 1. The van der Waals surface area contributed by atoms with Crippen molar-refractivity contribution in [2.24, 2.45) is 0 Å². The van der Waals surface area contributed by atoms with E-state index in [1.807, 2.05) is 24.3 Å². The second-order valence-corrected chi connectivity index (χ2v) is 13.1. The number of carbonyl (C=O) groups excluding carboxylic acids is 2. The lowest BCUT2D eigenvalue weighted by Crippen LogP contribution is -2.30. The zero-order valence-corrected chi connectivity index (χ0v) is 26.3. The summed E-state index contributed by atoms with van der Waals surface area (Å²) in [5.74, 6) is 1.10. The number of hydrogen-bond donors (Lipinski definition) is 1. The predicted molar refractivity (Wildman–Crippen MR) is 166 cm³/mol. The molecular formula is C30H32N6O6S2. The van der Waals surface area contributed by atoms with Gasteiger partial charge in [0, 0.05) is 38.0 Å². The van der Waals surface area contributed by atoms with E-state index in [9.17, 15) is 18.0 Å². The maximum absolute atomic E-state index is 13.3. The Hall–Kier alpha value is -4.40. The van der Waals surface area contributed by atoms with Crippen molar-refractivity contribution in [3.63, 3.8) is 0 Å². The van der Waals surface area contributed by atoms with Gasteiger partial charge in [-0.2, -0.15) is 0 Å². The Labute approximate surface area is 260 Å². The Bertz CT molecular complexity index is 1790. The fraction of sp³-hybridized carbons (Fsp3) is 0.267. The number of anilines is 1. The summed E-state index contributed by atoms with van der Waals surface area (Å²) in [6.07, 6.45) is 0.807. The lowest BCUT2D eigenvalue weighted by Gasteiger charge is -2.18. The van der Waals surface area contributed by atoms with E-state index in [0.29, 0.717) is 34.7 Å². The van der Waals surface area contributed by atoms with Gasteiger partial charge in [0.05, 0.1) is 37.1 Å². The third-order valence-electron chi connectivity index (χ3n) is 7.14. The van der Waals surface area contributed by atoms with Crippen molar-refractivity contribution in [2.75, 3.05) is 45.5 Å². The number of nitrogens with zero attached hydrogens (tertiary/aromatic N) is 5. The van der Waals surface area contributed by atoms with Crippen molar-refractivity contribution in [1.29, 1.82) is 0 Å². The summed E-state index contributed by atoms with van der Waals surface area (Å²) in [6.45, 7) is 0.604. The van der Waals surface area contributed by atoms with E-state index in [-0.39, 0.29) is 28.7 Å². The number of ether oxygens (including phenoxy) is 2. The molecule has 0 fully saturated rings. The first kappa shape index (κ1) is 31.0. The van der Waals surface area contributed by atoms with Gasteiger partial charge in [0.1, 0.15) is 11.5 Å². The van der Waals surface area contributed by atoms with Crippen LogP contribution in [0.25, 0.3) is 5.69 Å². The molecule has 0 spiro atoms. The molecule has 0 saturated heterocycles. The summed E-state index contributed by atoms with van der Waals surface area (Å²) < 4.78 is 38.7. The van der Waals surface area contributed by atoms with Crippen LogP contribution in [0.4, 0.5) is 5.69 Å².